The Morgan fingerprint density at radius 3 is 2.83 bits per heavy atom. The predicted octanol–water partition coefficient (Wildman–Crippen LogP) is 1.94. The van der Waals surface area contributed by atoms with E-state index in [9.17, 15) is 13.2 Å². The predicted molar refractivity (Wildman–Crippen MR) is 99.7 cm³/mol. The highest BCUT2D eigenvalue weighted by atomic mass is 32.2. The van der Waals surface area contributed by atoms with Crippen LogP contribution in [0.25, 0.3) is 0 Å². The fraction of sp³-hybridized carbons (Fsp3) is 0.375. The molecule has 0 saturated carbocycles. The first-order valence-corrected chi connectivity index (χ1v) is 10.8. The maximum absolute atomic E-state index is 12.7. The summed E-state index contributed by atoms with van der Waals surface area (Å²) in [4.78, 5) is 16.9. The number of sulfone groups is 1. The number of hydrogen-bond donors (Lipinski definition) is 0. The number of nitrogens with zero attached hydrogens (tertiary/aromatic N) is 2. The van der Waals surface area contributed by atoms with Gasteiger partial charge in [0.15, 0.2) is 9.84 Å². The lowest BCUT2D eigenvalue weighted by molar-refractivity contribution is -0.123. The van der Waals surface area contributed by atoms with Crippen molar-refractivity contribution in [2.45, 2.75) is 18.9 Å². The van der Waals surface area contributed by atoms with Crippen molar-refractivity contribution in [1.82, 2.24) is 4.90 Å². The fourth-order valence-corrected chi connectivity index (χ4v) is 6.49. The summed E-state index contributed by atoms with van der Waals surface area (Å²) in [5.74, 6) is -0.0245. The average Bonchev–Trinajstić information content (AvgIpc) is 3.18. The largest absolute Gasteiger partial charge is 0.346 e. The normalized spacial score (nSPS) is 27.3. The zero-order valence-corrected chi connectivity index (χ0v) is 15.3. The number of para-hydroxylation sites is 1. The lowest BCUT2D eigenvalue weighted by Gasteiger charge is -2.21. The smallest absolute Gasteiger partial charge is 0.267 e. The van der Waals surface area contributed by atoms with Crippen molar-refractivity contribution in [3.05, 3.63) is 40.9 Å². The Hall–Kier alpha value is -1.38. The van der Waals surface area contributed by atoms with Gasteiger partial charge in [-0.1, -0.05) is 42.2 Å². The van der Waals surface area contributed by atoms with E-state index in [1.165, 1.54) is 22.2 Å². The number of rotatable bonds is 2. The Balaban J connectivity index is 1.58. The van der Waals surface area contributed by atoms with Crippen LogP contribution >= 0.6 is 24.0 Å². The van der Waals surface area contributed by atoms with E-state index in [-0.39, 0.29) is 23.5 Å². The molecule has 3 aliphatic heterocycles. The number of fused-ring (bicyclic) bond motifs is 1. The van der Waals surface area contributed by atoms with E-state index >= 15 is 0 Å². The van der Waals surface area contributed by atoms with Crippen LogP contribution in [0.15, 0.2) is 35.4 Å². The van der Waals surface area contributed by atoms with Gasteiger partial charge < -0.3 is 4.90 Å². The molecule has 8 heteroatoms. The summed E-state index contributed by atoms with van der Waals surface area (Å²) in [6, 6.07) is 7.82. The first kappa shape index (κ1) is 16.1. The van der Waals surface area contributed by atoms with E-state index in [2.05, 4.69) is 11.0 Å². The van der Waals surface area contributed by atoms with Crippen LogP contribution in [-0.2, 0) is 21.1 Å². The Bertz CT molecular complexity index is 863. The summed E-state index contributed by atoms with van der Waals surface area (Å²) in [7, 11) is -3.05. The summed E-state index contributed by atoms with van der Waals surface area (Å²) in [5.41, 5.74) is 2.39. The number of thioether (sulfide) groups is 1. The maximum atomic E-state index is 12.7. The van der Waals surface area contributed by atoms with Crippen LogP contribution < -0.4 is 4.90 Å². The van der Waals surface area contributed by atoms with Crippen LogP contribution in [0.3, 0.4) is 0 Å². The molecule has 4 rings (SSSR count). The van der Waals surface area contributed by atoms with E-state index in [1.807, 2.05) is 24.4 Å². The Morgan fingerprint density at radius 1 is 1.29 bits per heavy atom. The second-order valence-corrected chi connectivity index (χ2v) is 10.1. The number of amides is 1. The van der Waals surface area contributed by atoms with Crippen LogP contribution in [0.5, 0.6) is 0 Å². The third kappa shape index (κ3) is 2.76. The zero-order chi connectivity index (χ0) is 16.9. The van der Waals surface area contributed by atoms with Crippen molar-refractivity contribution in [2.24, 2.45) is 0 Å². The van der Waals surface area contributed by atoms with Gasteiger partial charge in [-0.15, -0.1) is 0 Å². The van der Waals surface area contributed by atoms with Gasteiger partial charge in [0.25, 0.3) is 5.91 Å². The van der Waals surface area contributed by atoms with Crippen LogP contribution in [0.4, 0.5) is 5.69 Å². The molecule has 2 fully saturated rings. The minimum atomic E-state index is -3.05. The minimum Gasteiger partial charge on any atom is -0.346 e. The number of carbonyl (C=O) groups is 1. The molecule has 3 heterocycles. The molecular weight excluding hydrogens is 364 g/mol. The highest BCUT2D eigenvalue weighted by Gasteiger charge is 2.42. The van der Waals surface area contributed by atoms with E-state index in [4.69, 9.17) is 12.2 Å². The average molecular weight is 381 g/mol. The van der Waals surface area contributed by atoms with E-state index in [1.54, 1.807) is 0 Å². The molecular formula is C16H16N2O3S3. The van der Waals surface area contributed by atoms with Crippen LogP contribution in [-0.4, -0.2) is 47.6 Å². The van der Waals surface area contributed by atoms with E-state index in [0.717, 1.165) is 18.7 Å². The summed E-state index contributed by atoms with van der Waals surface area (Å²) in [5, 5.41) is 0. The second kappa shape index (κ2) is 5.86. The monoisotopic (exact) mass is 380 g/mol. The standard InChI is InChI=1S/C16H16N2O3S3/c19-15-14(9-17-7-5-11-3-1-2-4-13(11)17)23-16(22)18(15)12-6-8-24(20,21)10-12/h1-4,9,12H,5-8,10H2/b14-9-. The molecule has 5 nitrogen and oxygen atoms in total. The van der Waals surface area contributed by atoms with Gasteiger partial charge in [-0.3, -0.25) is 9.69 Å². The lowest BCUT2D eigenvalue weighted by Crippen LogP contribution is -2.39. The number of hydrogen-bond acceptors (Lipinski definition) is 6. The van der Waals surface area contributed by atoms with Gasteiger partial charge in [0, 0.05) is 18.4 Å². The molecule has 0 aromatic heterocycles. The fourth-order valence-electron chi connectivity index (χ4n) is 3.40. The highest BCUT2D eigenvalue weighted by molar-refractivity contribution is 8.26. The van der Waals surface area contributed by atoms with Crippen molar-refractivity contribution < 1.29 is 13.2 Å². The molecule has 1 aromatic carbocycles. The Kier molecular flexibility index (Phi) is 3.93. The summed E-state index contributed by atoms with van der Waals surface area (Å²) < 4.78 is 23.9. The zero-order valence-electron chi connectivity index (χ0n) is 12.8. The number of thiocarbonyl (C=S) groups is 1. The van der Waals surface area contributed by atoms with Crippen molar-refractivity contribution in [1.29, 1.82) is 0 Å². The molecule has 2 saturated heterocycles. The van der Waals surface area contributed by atoms with Gasteiger partial charge in [-0.05, 0) is 24.5 Å². The van der Waals surface area contributed by atoms with Crippen molar-refractivity contribution in [2.75, 3.05) is 23.0 Å². The molecule has 0 spiro atoms. The summed E-state index contributed by atoms with van der Waals surface area (Å²) in [6.45, 7) is 0.835. The molecule has 0 radical (unpaired) electrons. The van der Waals surface area contributed by atoms with Crippen molar-refractivity contribution in [3.8, 4) is 0 Å². The number of benzene rings is 1. The van der Waals surface area contributed by atoms with E-state index in [0.29, 0.717) is 15.6 Å². The van der Waals surface area contributed by atoms with Gasteiger partial charge >= 0.3 is 0 Å². The SMILES string of the molecule is O=C1/C(=C/N2CCc3ccccc32)SC(=S)N1C1CCS(=O)(=O)C1. The molecule has 0 aliphatic carbocycles. The molecule has 24 heavy (non-hydrogen) atoms. The highest BCUT2D eigenvalue weighted by Crippen LogP contribution is 2.37. The Labute approximate surface area is 150 Å². The minimum absolute atomic E-state index is 0.0132. The maximum Gasteiger partial charge on any atom is 0.267 e. The van der Waals surface area contributed by atoms with Gasteiger partial charge in [0.2, 0.25) is 0 Å². The molecule has 1 aromatic rings. The topological polar surface area (TPSA) is 57.7 Å². The van der Waals surface area contributed by atoms with Gasteiger partial charge in [0.05, 0.1) is 22.5 Å². The summed E-state index contributed by atoms with van der Waals surface area (Å²) in [6.07, 6.45) is 3.27. The second-order valence-electron chi connectivity index (χ2n) is 6.17. The van der Waals surface area contributed by atoms with Crippen LogP contribution in [0.1, 0.15) is 12.0 Å². The third-order valence-electron chi connectivity index (χ3n) is 4.59. The molecule has 1 atom stereocenters. The summed E-state index contributed by atoms with van der Waals surface area (Å²) >= 11 is 6.60. The molecule has 1 unspecified atom stereocenters. The molecule has 3 aliphatic rings. The molecule has 126 valence electrons. The van der Waals surface area contributed by atoms with Crippen LogP contribution in [0.2, 0.25) is 0 Å². The van der Waals surface area contributed by atoms with Gasteiger partial charge in [0.1, 0.15) is 4.32 Å². The van der Waals surface area contributed by atoms with Crippen molar-refractivity contribution in [3.63, 3.8) is 0 Å². The lowest BCUT2D eigenvalue weighted by atomic mass is 10.2. The number of carbonyl (C=O) groups excluding carboxylic acids is 1. The Morgan fingerprint density at radius 2 is 2.08 bits per heavy atom. The van der Waals surface area contributed by atoms with Crippen LogP contribution in [0, 0.1) is 0 Å². The first-order chi connectivity index (χ1) is 11.4. The van der Waals surface area contributed by atoms with Gasteiger partial charge in [-0.25, -0.2) is 8.42 Å². The quantitative estimate of drug-likeness (QED) is 0.577. The molecule has 0 bridgehead atoms. The first-order valence-electron chi connectivity index (χ1n) is 7.77. The van der Waals surface area contributed by atoms with E-state index < -0.39 is 9.84 Å². The number of anilines is 1. The van der Waals surface area contributed by atoms with Crippen molar-refractivity contribution >= 4 is 49.7 Å². The molecule has 1 amide bonds. The third-order valence-corrected chi connectivity index (χ3v) is 7.66. The molecule has 0 N–H and O–H groups in total. The van der Waals surface area contributed by atoms with Gasteiger partial charge in [-0.2, -0.15) is 0 Å².